The van der Waals surface area contributed by atoms with E-state index in [1.807, 2.05) is 0 Å². The Balaban J connectivity index is 2.08. The van der Waals surface area contributed by atoms with Gasteiger partial charge in [0.25, 0.3) is 0 Å². The first-order valence-electron chi connectivity index (χ1n) is 4.65. The second kappa shape index (κ2) is 3.83. The van der Waals surface area contributed by atoms with Crippen LogP contribution in [0.4, 0.5) is 0 Å². The van der Waals surface area contributed by atoms with Gasteiger partial charge in [0, 0.05) is 10.7 Å². The van der Waals surface area contributed by atoms with Crippen LogP contribution in [0.25, 0.3) is 0 Å². The summed E-state index contributed by atoms with van der Waals surface area (Å²) in [6.45, 7) is 0. The van der Waals surface area contributed by atoms with Crippen LogP contribution in [-0.2, 0) is 0 Å². The molecule has 0 aliphatic heterocycles. The smallest absolute Gasteiger partial charge is 0.00654 e. The Morgan fingerprint density at radius 1 is 0.917 bits per heavy atom. The van der Waals surface area contributed by atoms with Gasteiger partial charge in [-0.1, -0.05) is 44.0 Å². The third-order valence-corrected chi connectivity index (χ3v) is 5.03. The van der Waals surface area contributed by atoms with Crippen LogP contribution < -0.4 is 0 Å². The molecular weight excluding hydrogens is 280 g/mol. The van der Waals surface area contributed by atoms with Gasteiger partial charge in [0.15, 0.2) is 0 Å². The van der Waals surface area contributed by atoms with Gasteiger partial charge in [0.1, 0.15) is 0 Å². The molecule has 0 amide bonds. The zero-order chi connectivity index (χ0) is 8.55. The summed E-state index contributed by atoms with van der Waals surface area (Å²) in [5, 5.41) is 2.40. The van der Waals surface area contributed by atoms with Gasteiger partial charge in [-0.25, -0.2) is 0 Å². The van der Waals surface area contributed by atoms with Crippen molar-refractivity contribution in [3.8, 4) is 0 Å². The molecule has 2 bridgehead atoms. The highest BCUT2D eigenvalue weighted by Crippen LogP contribution is 2.52. The van der Waals surface area contributed by atoms with Crippen molar-refractivity contribution in [3.63, 3.8) is 0 Å². The lowest BCUT2D eigenvalue weighted by Crippen LogP contribution is -2.47. The number of halogens is 2. The minimum atomic E-state index is 0.947. The molecule has 3 aliphatic rings. The minimum Gasteiger partial charge on any atom is -0.0925 e. The molecule has 0 heterocycles. The van der Waals surface area contributed by atoms with Crippen LogP contribution in [0.1, 0.15) is 12.8 Å². The number of fused-ring (bicyclic) bond motifs is 2. The summed E-state index contributed by atoms with van der Waals surface area (Å²) >= 11 is 7.26. The van der Waals surface area contributed by atoms with E-state index in [-0.39, 0.29) is 0 Å². The van der Waals surface area contributed by atoms with Crippen molar-refractivity contribution >= 4 is 31.9 Å². The Kier molecular flexibility index (Phi) is 2.96. The van der Waals surface area contributed by atoms with Crippen molar-refractivity contribution in [3.05, 3.63) is 12.2 Å². The lowest BCUT2D eigenvalue weighted by Gasteiger charge is -2.50. The molecule has 1 saturated carbocycles. The maximum Gasteiger partial charge on any atom is 0.00654 e. The van der Waals surface area contributed by atoms with Crippen molar-refractivity contribution in [1.82, 2.24) is 0 Å². The van der Waals surface area contributed by atoms with E-state index in [4.69, 9.17) is 0 Å². The zero-order valence-electron chi connectivity index (χ0n) is 7.05. The molecule has 1 fully saturated rings. The highest BCUT2D eigenvalue weighted by molar-refractivity contribution is 9.09. The van der Waals surface area contributed by atoms with Crippen LogP contribution in [0.3, 0.4) is 0 Å². The van der Waals surface area contributed by atoms with E-state index in [1.165, 1.54) is 23.5 Å². The molecule has 0 radical (unpaired) electrons. The van der Waals surface area contributed by atoms with Crippen LogP contribution in [-0.4, -0.2) is 10.7 Å². The van der Waals surface area contributed by atoms with Gasteiger partial charge in [0.05, 0.1) is 0 Å². The quantitative estimate of drug-likeness (QED) is 0.539. The Labute approximate surface area is 91.1 Å². The molecule has 0 aromatic heterocycles. The number of allylic oxidation sites excluding steroid dienone is 2. The molecule has 2 heteroatoms. The van der Waals surface area contributed by atoms with E-state index in [0.29, 0.717) is 0 Å². The Morgan fingerprint density at radius 3 is 1.67 bits per heavy atom. The number of hydrogen-bond donors (Lipinski definition) is 0. The molecule has 0 atom stereocenters. The molecule has 0 unspecified atom stereocenters. The van der Waals surface area contributed by atoms with Crippen LogP contribution in [0, 0.1) is 23.7 Å². The number of hydrogen-bond acceptors (Lipinski definition) is 0. The molecule has 3 aliphatic carbocycles. The highest BCUT2D eigenvalue weighted by Gasteiger charge is 2.47. The molecule has 0 aromatic carbocycles. The van der Waals surface area contributed by atoms with E-state index in [2.05, 4.69) is 44.0 Å². The fourth-order valence-corrected chi connectivity index (χ4v) is 4.71. The second-order valence-corrected chi connectivity index (χ2v) is 5.20. The number of rotatable bonds is 2. The Hall–Kier alpha value is 0.700. The van der Waals surface area contributed by atoms with E-state index >= 15 is 0 Å². The maximum atomic E-state index is 3.63. The molecule has 3 rings (SSSR count). The standard InChI is InChI=1S/C10H14Br2/c11-5-9-7-3-1-2-4-8(9)10(7)6-12/h1-2,7-10H,3-6H2. The van der Waals surface area contributed by atoms with Crippen molar-refractivity contribution in [1.29, 1.82) is 0 Å². The van der Waals surface area contributed by atoms with Crippen LogP contribution >= 0.6 is 31.9 Å². The molecule has 12 heavy (non-hydrogen) atoms. The molecule has 68 valence electrons. The van der Waals surface area contributed by atoms with E-state index in [1.54, 1.807) is 0 Å². The van der Waals surface area contributed by atoms with Crippen molar-refractivity contribution in [2.24, 2.45) is 23.7 Å². The SMILES string of the molecule is BrCC1C2CC=CCC1C2CBr. The summed E-state index contributed by atoms with van der Waals surface area (Å²) in [5.41, 5.74) is 0. The summed E-state index contributed by atoms with van der Waals surface area (Å²) in [6.07, 6.45) is 7.37. The predicted octanol–water partition coefficient (Wildman–Crippen LogP) is 3.60. The van der Waals surface area contributed by atoms with Crippen LogP contribution in [0.15, 0.2) is 12.2 Å². The zero-order valence-corrected chi connectivity index (χ0v) is 10.2. The van der Waals surface area contributed by atoms with Gasteiger partial charge in [-0.3, -0.25) is 0 Å². The van der Waals surface area contributed by atoms with Gasteiger partial charge < -0.3 is 0 Å². The summed E-state index contributed by atoms with van der Waals surface area (Å²) in [6, 6.07) is 0. The molecular formula is C10H14Br2. The third kappa shape index (κ3) is 1.31. The van der Waals surface area contributed by atoms with Crippen molar-refractivity contribution in [2.45, 2.75) is 12.8 Å². The normalized spacial score (nSPS) is 45.2. The summed E-state index contributed by atoms with van der Waals surface area (Å²) in [7, 11) is 0. The van der Waals surface area contributed by atoms with Crippen molar-refractivity contribution in [2.75, 3.05) is 10.7 Å². The summed E-state index contributed by atoms with van der Waals surface area (Å²) < 4.78 is 0. The topological polar surface area (TPSA) is 0 Å². The van der Waals surface area contributed by atoms with E-state index in [0.717, 1.165) is 23.7 Å². The fourth-order valence-electron chi connectivity index (χ4n) is 2.79. The molecule has 0 aromatic rings. The van der Waals surface area contributed by atoms with Gasteiger partial charge in [-0.2, -0.15) is 0 Å². The number of alkyl halides is 2. The average Bonchev–Trinajstić information content (AvgIpc) is 2.37. The summed E-state index contributed by atoms with van der Waals surface area (Å²) in [5.74, 6) is 3.80. The average molecular weight is 294 g/mol. The van der Waals surface area contributed by atoms with Crippen LogP contribution in [0.5, 0.6) is 0 Å². The monoisotopic (exact) mass is 292 g/mol. The lowest BCUT2D eigenvalue weighted by molar-refractivity contribution is 0.0208. The fraction of sp³-hybridized carbons (Fsp3) is 0.800. The lowest BCUT2D eigenvalue weighted by atomic mass is 9.57. The van der Waals surface area contributed by atoms with E-state index in [9.17, 15) is 0 Å². The molecule has 0 nitrogen and oxygen atoms in total. The summed E-state index contributed by atoms with van der Waals surface area (Å²) in [4.78, 5) is 0. The highest BCUT2D eigenvalue weighted by atomic mass is 79.9. The Morgan fingerprint density at radius 2 is 1.33 bits per heavy atom. The van der Waals surface area contributed by atoms with Crippen LogP contribution in [0.2, 0.25) is 0 Å². The first-order valence-corrected chi connectivity index (χ1v) is 6.89. The Bertz CT molecular complexity index is 160. The maximum absolute atomic E-state index is 3.63. The molecule has 0 spiro atoms. The first kappa shape index (κ1) is 9.26. The predicted molar refractivity (Wildman–Crippen MR) is 59.9 cm³/mol. The van der Waals surface area contributed by atoms with Gasteiger partial charge in [0.2, 0.25) is 0 Å². The van der Waals surface area contributed by atoms with Gasteiger partial charge >= 0.3 is 0 Å². The van der Waals surface area contributed by atoms with Gasteiger partial charge in [-0.15, -0.1) is 0 Å². The third-order valence-electron chi connectivity index (χ3n) is 3.54. The van der Waals surface area contributed by atoms with E-state index < -0.39 is 0 Å². The second-order valence-electron chi connectivity index (χ2n) is 3.91. The largest absolute Gasteiger partial charge is 0.0925 e. The van der Waals surface area contributed by atoms with Gasteiger partial charge in [-0.05, 0) is 36.5 Å². The molecule has 0 N–H and O–H groups in total. The minimum absolute atomic E-state index is 0.947. The first-order chi connectivity index (χ1) is 5.88. The molecule has 0 saturated heterocycles. The van der Waals surface area contributed by atoms with Crippen molar-refractivity contribution < 1.29 is 0 Å².